The first kappa shape index (κ1) is 19.1. The molecular formula is C18H16F4N2O3. The number of carbonyl (C=O) groups is 1. The van der Waals surface area contributed by atoms with Crippen molar-refractivity contribution in [1.29, 1.82) is 0 Å². The molecule has 0 aromatic heterocycles. The topological polar surface area (TPSA) is 50.8 Å². The van der Waals surface area contributed by atoms with Gasteiger partial charge in [-0.15, -0.1) is 0 Å². The average Bonchev–Trinajstić information content (AvgIpc) is 2.64. The second kappa shape index (κ2) is 7.93. The van der Waals surface area contributed by atoms with Gasteiger partial charge in [-0.25, -0.2) is 14.2 Å². The number of hydrazine groups is 1. The molecule has 1 N–H and O–H groups in total. The molecule has 0 bridgehead atoms. The van der Waals surface area contributed by atoms with Crippen molar-refractivity contribution in [3.63, 3.8) is 0 Å². The molecule has 0 radical (unpaired) electrons. The third-order valence-electron chi connectivity index (χ3n) is 4.10. The smallest absolute Gasteiger partial charge is 0.492 e. The van der Waals surface area contributed by atoms with Crippen molar-refractivity contribution >= 4 is 5.97 Å². The first-order chi connectivity index (χ1) is 12.8. The summed E-state index contributed by atoms with van der Waals surface area (Å²) in [5.74, 6) is -2.32. The maximum atomic E-state index is 13.0. The van der Waals surface area contributed by atoms with Gasteiger partial charge in [0.2, 0.25) is 0 Å². The summed E-state index contributed by atoms with van der Waals surface area (Å²) in [6, 6.07) is 12.4. The number of benzene rings is 2. The molecule has 0 amide bonds. The minimum atomic E-state index is -5.10. The van der Waals surface area contributed by atoms with Gasteiger partial charge >= 0.3 is 12.1 Å². The molecular weight excluding hydrogens is 368 g/mol. The van der Waals surface area contributed by atoms with E-state index in [9.17, 15) is 22.4 Å². The van der Waals surface area contributed by atoms with E-state index in [0.717, 1.165) is 11.1 Å². The number of hydrogen-bond acceptors (Lipinski definition) is 5. The van der Waals surface area contributed by atoms with Gasteiger partial charge in [0.25, 0.3) is 0 Å². The number of nitrogens with zero attached hydrogens (tertiary/aromatic N) is 1. The van der Waals surface area contributed by atoms with Crippen molar-refractivity contribution < 1.29 is 31.9 Å². The van der Waals surface area contributed by atoms with Crippen LogP contribution in [-0.4, -0.2) is 29.8 Å². The molecule has 1 aliphatic rings. The zero-order chi connectivity index (χ0) is 19.4. The number of alkyl halides is 3. The predicted molar refractivity (Wildman–Crippen MR) is 86.7 cm³/mol. The monoisotopic (exact) mass is 384 g/mol. The van der Waals surface area contributed by atoms with Crippen LogP contribution in [0.1, 0.15) is 11.1 Å². The van der Waals surface area contributed by atoms with Crippen molar-refractivity contribution in [2.75, 3.05) is 6.61 Å². The Labute approximate surface area is 152 Å². The lowest BCUT2D eigenvalue weighted by molar-refractivity contribution is -0.221. The van der Waals surface area contributed by atoms with Crippen LogP contribution in [0, 0.1) is 5.82 Å². The largest absolute Gasteiger partial charge is 0.492 e. The van der Waals surface area contributed by atoms with Gasteiger partial charge < -0.3 is 9.57 Å². The van der Waals surface area contributed by atoms with Crippen LogP contribution in [0.25, 0.3) is 0 Å². The van der Waals surface area contributed by atoms with Crippen molar-refractivity contribution in [3.05, 3.63) is 65.5 Å². The van der Waals surface area contributed by atoms with E-state index >= 15 is 0 Å². The summed E-state index contributed by atoms with van der Waals surface area (Å²) < 4.78 is 55.6. The lowest BCUT2D eigenvalue weighted by atomic mass is 9.96. The van der Waals surface area contributed by atoms with Crippen LogP contribution in [0.2, 0.25) is 0 Å². The molecule has 144 valence electrons. The SMILES string of the molecule is O=C(ONN1Cc2ccccc2C[C@H]1COc1ccc(F)cc1)C(F)(F)F. The molecule has 0 saturated carbocycles. The fourth-order valence-electron chi connectivity index (χ4n) is 2.72. The highest BCUT2D eigenvalue weighted by atomic mass is 19.4. The number of fused-ring (bicyclic) bond motifs is 1. The average molecular weight is 384 g/mol. The standard InChI is InChI=1S/C18H16F4N2O3/c19-14-5-7-16(8-6-14)26-11-15-9-12-3-1-2-4-13(12)10-24(15)23-27-17(25)18(20,21)22/h1-8,15,23H,9-11H2/t15-/m0/s1. The molecule has 0 unspecified atom stereocenters. The first-order valence-corrected chi connectivity index (χ1v) is 8.08. The van der Waals surface area contributed by atoms with E-state index in [1.54, 1.807) is 0 Å². The summed E-state index contributed by atoms with van der Waals surface area (Å²) >= 11 is 0. The number of ether oxygens (including phenoxy) is 1. The van der Waals surface area contributed by atoms with E-state index in [1.165, 1.54) is 29.3 Å². The Bertz CT molecular complexity index is 796. The highest BCUT2D eigenvalue weighted by molar-refractivity contribution is 5.75. The summed E-state index contributed by atoms with van der Waals surface area (Å²) in [6.45, 7) is 0.315. The number of halogens is 4. The molecule has 1 atom stereocenters. The lowest BCUT2D eigenvalue weighted by Gasteiger charge is -2.35. The fraction of sp³-hybridized carbons (Fsp3) is 0.278. The molecule has 0 fully saturated rings. The molecule has 1 heterocycles. The Morgan fingerprint density at radius 2 is 1.78 bits per heavy atom. The molecule has 0 spiro atoms. The van der Waals surface area contributed by atoms with Crippen molar-refractivity contribution in [3.8, 4) is 5.75 Å². The van der Waals surface area contributed by atoms with E-state index in [1.807, 2.05) is 24.3 Å². The number of hydrogen-bond donors (Lipinski definition) is 1. The lowest BCUT2D eigenvalue weighted by Crippen LogP contribution is -2.52. The second-order valence-electron chi connectivity index (χ2n) is 6.00. The zero-order valence-corrected chi connectivity index (χ0v) is 14.0. The van der Waals surface area contributed by atoms with Gasteiger partial charge in [0, 0.05) is 6.54 Å². The van der Waals surface area contributed by atoms with Crippen molar-refractivity contribution in [1.82, 2.24) is 10.6 Å². The summed E-state index contributed by atoms with van der Waals surface area (Å²) in [4.78, 5) is 15.1. The molecule has 5 nitrogen and oxygen atoms in total. The van der Waals surface area contributed by atoms with Gasteiger partial charge in [0.15, 0.2) is 0 Å². The van der Waals surface area contributed by atoms with Gasteiger partial charge in [0.05, 0.1) is 6.04 Å². The normalized spacial score (nSPS) is 17.3. The molecule has 1 aliphatic heterocycles. The predicted octanol–water partition coefficient (Wildman–Crippen LogP) is 3.16. The van der Waals surface area contributed by atoms with Crippen molar-refractivity contribution in [2.45, 2.75) is 25.2 Å². The molecule has 9 heteroatoms. The van der Waals surface area contributed by atoms with E-state index in [0.29, 0.717) is 12.2 Å². The summed E-state index contributed by atoms with van der Waals surface area (Å²) in [5.41, 5.74) is 4.00. The Balaban J connectivity index is 1.69. The van der Waals surface area contributed by atoms with Gasteiger partial charge in [0.1, 0.15) is 18.2 Å². The maximum absolute atomic E-state index is 13.0. The second-order valence-corrected chi connectivity index (χ2v) is 6.00. The third-order valence-corrected chi connectivity index (χ3v) is 4.10. The van der Waals surface area contributed by atoms with Crippen LogP contribution in [0.4, 0.5) is 17.6 Å². The van der Waals surface area contributed by atoms with Crippen molar-refractivity contribution in [2.24, 2.45) is 0 Å². The Morgan fingerprint density at radius 1 is 1.11 bits per heavy atom. The third kappa shape index (κ3) is 4.95. The Morgan fingerprint density at radius 3 is 2.44 bits per heavy atom. The highest BCUT2D eigenvalue weighted by Crippen LogP contribution is 2.23. The minimum Gasteiger partial charge on any atom is -0.492 e. The highest BCUT2D eigenvalue weighted by Gasteiger charge is 2.42. The zero-order valence-electron chi connectivity index (χ0n) is 14.0. The minimum absolute atomic E-state index is 0.0938. The van der Waals surface area contributed by atoms with Gasteiger partial charge in [-0.1, -0.05) is 29.9 Å². The van der Waals surface area contributed by atoms with Crippen LogP contribution in [-0.2, 0) is 22.6 Å². The van der Waals surface area contributed by atoms with E-state index < -0.39 is 24.0 Å². The van der Waals surface area contributed by atoms with Crippen LogP contribution < -0.4 is 10.3 Å². The molecule has 2 aromatic rings. The molecule has 27 heavy (non-hydrogen) atoms. The molecule has 0 aliphatic carbocycles. The summed E-state index contributed by atoms with van der Waals surface area (Å²) in [6.07, 6.45) is -4.63. The maximum Gasteiger partial charge on any atom is 0.492 e. The molecule has 0 saturated heterocycles. The summed E-state index contributed by atoms with van der Waals surface area (Å²) in [7, 11) is 0. The van der Waals surface area contributed by atoms with Crippen LogP contribution in [0.15, 0.2) is 48.5 Å². The van der Waals surface area contributed by atoms with Crippen LogP contribution >= 0.6 is 0 Å². The fourth-order valence-corrected chi connectivity index (χ4v) is 2.72. The molecule has 2 aromatic carbocycles. The van der Waals surface area contributed by atoms with Gasteiger partial charge in [-0.05, 0) is 41.8 Å². The first-order valence-electron chi connectivity index (χ1n) is 8.08. The van der Waals surface area contributed by atoms with E-state index in [4.69, 9.17) is 4.74 Å². The van der Waals surface area contributed by atoms with E-state index in [2.05, 4.69) is 10.4 Å². The van der Waals surface area contributed by atoms with Crippen LogP contribution in [0.3, 0.4) is 0 Å². The number of nitrogens with one attached hydrogen (secondary N) is 1. The number of carbonyl (C=O) groups excluding carboxylic acids is 1. The van der Waals surface area contributed by atoms with Crippen LogP contribution in [0.5, 0.6) is 5.75 Å². The Kier molecular flexibility index (Phi) is 5.62. The quantitative estimate of drug-likeness (QED) is 0.634. The van der Waals surface area contributed by atoms with Gasteiger partial charge in [-0.3, -0.25) is 0 Å². The van der Waals surface area contributed by atoms with E-state index in [-0.39, 0.29) is 13.2 Å². The van der Waals surface area contributed by atoms with Gasteiger partial charge in [-0.2, -0.15) is 13.2 Å². The number of rotatable bonds is 5. The summed E-state index contributed by atoms with van der Waals surface area (Å²) in [5, 5.41) is 1.37. The molecule has 3 rings (SSSR count). The Hall–Kier alpha value is -2.65.